The summed E-state index contributed by atoms with van der Waals surface area (Å²) in [6.45, 7) is 0. The third-order valence-electron chi connectivity index (χ3n) is 4.40. The fourth-order valence-corrected chi connectivity index (χ4v) is 4.24. The minimum absolute atomic E-state index is 0.615. The van der Waals surface area contributed by atoms with Crippen molar-refractivity contribution in [2.45, 2.75) is 0 Å². The molecule has 0 atom stereocenters. The number of aromatic nitrogens is 3. The van der Waals surface area contributed by atoms with Crippen LogP contribution in [-0.4, -0.2) is 15.0 Å². The third kappa shape index (κ3) is 3.28. The van der Waals surface area contributed by atoms with Crippen molar-refractivity contribution in [2.75, 3.05) is 0 Å². The minimum Gasteiger partial charge on any atom is -0.208 e. The lowest BCUT2D eigenvalue weighted by Gasteiger charge is -2.07. The Bertz CT molecular complexity index is 1250. The Morgan fingerprint density at radius 1 is 0.607 bits per heavy atom. The summed E-state index contributed by atoms with van der Waals surface area (Å²) in [5, 5.41) is 1.84. The summed E-state index contributed by atoms with van der Waals surface area (Å²) < 4.78 is 1.21. The summed E-state index contributed by atoms with van der Waals surface area (Å²) >= 11 is 7.88. The van der Waals surface area contributed by atoms with Gasteiger partial charge in [0.2, 0.25) is 0 Å². The molecule has 0 N–H and O–H groups in total. The van der Waals surface area contributed by atoms with Gasteiger partial charge in [0, 0.05) is 20.8 Å². The molecule has 2 heterocycles. The lowest BCUT2D eigenvalue weighted by Crippen LogP contribution is -1.99. The second kappa shape index (κ2) is 7.15. The Morgan fingerprint density at radius 2 is 1.29 bits per heavy atom. The molecule has 5 heteroatoms. The van der Waals surface area contributed by atoms with Crippen molar-refractivity contribution in [3.8, 4) is 33.5 Å². The van der Waals surface area contributed by atoms with E-state index < -0.39 is 0 Å². The van der Waals surface area contributed by atoms with Crippen LogP contribution in [0.15, 0.2) is 84.9 Å². The quantitative estimate of drug-likeness (QED) is 0.337. The van der Waals surface area contributed by atoms with Crippen LogP contribution in [-0.2, 0) is 0 Å². The number of hydrogen-bond donors (Lipinski definition) is 0. The molecule has 134 valence electrons. The summed E-state index contributed by atoms with van der Waals surface area (Å²) in [6.07, 6.45) is 0. The van der Waals surface area contributed by atoms with Crippen molar-refractivity contribution in [3.05, 3.63) is 90.0 Å². The van der Waals surface area contributed by atoms with Gasteiger partial charge in [-0.05, 0) is 29.7 Å². The van der Waals surface area contributed by atoms with Crippen molar-refractivity contribution < 1.29 is 0 Å². The maximum atomic E-state index is 6.19. The molecule has 0 amide bonds. The van der Waals surface area contributed by atoms with Crippen molar-refractivity contribution in [3.63, 3.8) is 0 Å². The summed E-state index contributed by atoms with van der Waals surface area (Å²) in [7, 11) is 0. The molecule has 0 saturated heterocycles. The number of benzene rings is 3. The molecule has 0 radical (unpaired) electrons. The van der Waals surface area contributed by atoms with Crippen LogP contribution in [0.25, 0.3) is 43.6 Å². The van der Waals surface area contributed by atoms with Crippen LogP contribution >= 0.6 is 22.9 Å². The summed E-state index contributed by atoms with van der Waals surface area (Å²) in [5.41, 5.74) is 1.82. The molecule has 3 aromatic carbocycles. The average Bonchev–Trinajstić information content (AvgIpc) is 3.18. The van der Waals surface area contributed by atoms with Gasteiger partial charge in [-0.15, -0.1) is 11.3 Å². The maximum absolute atomic E-state index is 6.19. The highest BCUT2D eigenvalue weighted by Crippen LogP contribution is 2.33. The first-order valence-electron chi connectivity index (χ1n) is 8.83. The Morgan fingerprint density at radius 3 is 2.07 bits per heavy atom. The Hall–Kier alpha value is -3.08. The van der Waals surface area contributed by atoms with Gasteiger partial charge in [0.1, 0.15) is 0 Å². The largest absolute Gasteiger partial charge is 0.208 e. The average molecular weight is 400 g/mol. The number of thiophene rings is 1. The smallest absolute Gasteiger partial charge is 0.174 e. The molecule has 3 nitrogen and oxygen atoms in total. The number of fused-ring (bicyclic) bond motifs is 1. The molecule has 0 aliphatic carbocycles. The molecular weight excluding hydrogens is 386 g/mol. The first-order valence-corrected chi connectivity index (χ1v) is 10.0. The molecule has 28 heavy (non-hydrogen) atoms. The second-order valence-electron chi connectivity index (χ2n) is 6.33. The van der Waals surface area contributed by atoms with Crippen molar-refractivity contribution in [2.24, 2.45) is 0 Å². The van der Waals surface area contributed by atoms with Crippen LogP contribution in [0.3, 0.4) is 0 Å². The van der Waals surface area contributed by atoms with Crippen LogP contribution in [0.4, 0.5) is 0 Å². The lowest BCUT2D eigenvalue weighted by atomic mass is 10.2. The van der Waals surface area contributed by atoms with Crippen molar-refractivity contribution >= 4 is 33.0 Å². The van der Waals surface area contributed by atoms with E-state index >= 15 is 0 Å². The predicted octanol–water partition coefficient (Wildman–Crippen LogP) is 6.74. The fourth-order valence-electron chi connectivity index (χ4n) is 3.05. The van der Waals surface area contributed by atoms with Crippen LogP contribution < -0.4 is 0 Å². The summed E-state index contributed by atoms with van der Waals surface area (Å²) in [5.74, 6) is 1.94. The number of hydrogen-bond acceptors (Lipinski definition) is 4. The van der Waals surface area contributed by atoms with E-state index in [1.165, 1.54) is 10.1 Å². The first-order chi connectivity index (χ1) is 13.8. The van der Waals surface area contributed by atoms with Gasteiger partial charge in [-0.1, -0.05) is 72.3 Å². The Balaban J connectivity index is 1.73. The second-order valence-corrected chi connectivity index (χ2v) is 7.85. The van der Waals surface area contributed by atoms with Crippen LogP contribution in [0.5, 0.6) is 0 Å². The predicted molar refractivity (Wildman–Crippen MR) is 117 cm³/mol. The van der Waals surface area contributed by atoms with Gasteiger partial charge in [0.05, 0.1) is 4.88 Å². The number of rotatable bonds is 3. The van der Waals surface area contributed by atoms with Gasteiger partial charge in [0.25, 0.3) is 0 Å². The van der Waals surface area contributed by atoms with Crippen LogP contribution in [0.1, 0.15) is 0 Å². The zero-order chi connectivity index (χ0) is 18.9. The van der Waals surface area contributed by atoms with Crippen molar-refractivity contribution in [1.82, 2.24) is 15.0 Å². The third-order valence-corrected chi connectivity index (χ3v) is 5.74. The van der Waals surface area contributed by atoms with Gasteiger partial charge >= 0.3 is 0 Å². The molecule has 0 saturated carbocycles. The Labute approximate surface area is 171 Å². The molecule has 5 rings (SSSR count). The first kappa shape index (κ1) is 17.0. The van der Waals surface area contributed by atoms with E-state index in [2.05, 4.69) is 18.2 Å². The van der Waals surface area contributed by atoms with Gasteiger partial charge in [-0.3, -0.25) is 0 Å². The van der Waals surface area contributed by atoms with E-state index in [-0.39, 0.29) is 0 Å². The maximum Gasteiger partial charge on any atom is 0.174 e. The van der Waals surface area contributed by atoms with E-state index in [1.54, 1.807) is 11.3 Å². The van der Waals surface area contributed by atoms with E-state index in [1.807, 2.05) is 66.7 Å². The molecule has 0 bridgehead atoms. The van der Waals surface area contributed by atoms with Crippen LogP contribution in [0, 0.1) is 0 Å². The molecule has 0 aliphatic heterocycles. The lowest BCUT2D eigenvalue weighted by molar-refractivity contribution is 1.08. The highest BCUT2D eigenvalue weighted by molar-refractivity contribution is 7.22. The molecular formula is C23H14ClN3S. The Kier molecular flexibility index (Phi) is 4.35. The van der Waals surface area contributed by atoms with Gasteiger partial charge < -0.3 is 0 Å². The summed E-state index contributed by atoms with van der Waals surface area (Å²) in [4.78, 5) is 15.3. The molecule has 0 unspecified atom stereocenters. The topological polar surface area (TPSA) is 38.7 Å². The highest BCUT2D eigenvalue weighted by atomic mass is 35.5. The SMILES string of the molecule is Clc1cccc(-c2nc(-c3ccccc3)nc(-c3cc4ccccc4s3)n2)c1. The standard InChI is InChI=1S/C23H14ClN3S/c24-18-11-6-10-17(13-18)22-25-21(15-7-2-1-3-8-15)26-23(27-22)20-14-16-9-4-5-12-19(16)28-20/h1-14H. The van der Waals surface area contributed by atoms with Gasteiger partial charge in [0.15, 0.2) is 17.5 Å². The van der Waals surface area contributed by atoms with Gasteiger partial charge in [-0.2, -0.15) is 0 Å². The highest BCUT2D eigenvalue weighted by Gasteiger charge is 2.14. The van der Waals surface area contributed by atoms with E-state index in [9.17, 15) is 0 Å². The monoisotopic (exact) mass is 399 g/mol. The summed E-state index contributed by atoms with van der Waals surface area (Å²) in [6, 6.07) is 28.0. The van der Waals surface area contributed by atoms with E-state index in [0.29, 0.717) is 22.5 Å². The normalized spacial score (nSPS) is 11.0. The fraction of sp³-hybridized carbons (Fsp3) is 0. The van der Waals surface area contributed by atoms with Crippen LogP contribution in [0.2, 0.25) is 5.02 Å². The zero-order valence-corrected chi connectivity index (χ0v) is 16.3. The van der Waals surface area contributed by atoms with Crippen molar-refractivity contribution in [1.29, 1.82) is 0 Å². The number of nitrogens with zero attached hydrogens (tertiary/aromatic N) is 3. The van der Waals surface area contributed by atoms with E-state index in [0.717, 1.165) is 16.0 Å². The molecule has 0 fully saturated rings. The van der Waals surface area contributed by atoms with E-state index in [4.69, 9.17) is 26.6 Å². The molecule has 0 spiro atoms. The molecule has 5 aromatic rings. The van der Waals surface area contributed by atoms with Gasteiger partial charge in [-0.25, -0.2) is 15.0 Å². The molecule has 0 aliphatic rings. The zero-order valence-electron chi connectivity index (χ0n) is 14.7. The minimum atomic E-state index is 0.615. The molecule has 2 aromatic heterocycles. The number of halogens is 1.